The van der Waals surface area contributed by atoms with Crippen molar-refractivity contribution in [3.8, 4) is 0 Å². The van der Waals surface area contributed by atoms with Crippen LogP contribution in [-0.2, 0) is 21.2 Å². The van der Waals surface area contributed by atoms with Crippen molar-refractivity contribution in [1.82, 2.24) is 10.0 Å². The van der Waals surface area contributed by atoms with Crippen LogP contribution in [-0.4, -0.2) is 35.1 Å². The molecule has 0 bridgehead atoms. The summed E-state index contributed by atoms with van der Waals surface area (Å²) in [5.41, 5.74) is 1.89. The Bertz CT molecular complexity index is 665. The largest absolute Gasteiger partial charge is 0.315 e. The average molecular weight is 302 g/mol. The Kier molecular flexibility index (Phi) is 4.72. The molecule has 8 heteroatoms. The second kappa shape index (κ2) is 5.76. The summed E-state index contributed by atoms with van der Waals surface area (Å²) in [4.78, 5) is 23.3. The molecule has 1 rings (SSSR count). The Hall–Kier alpha value is -1.67. The molecular weight excluding hydrogens is 284 g/mol. The molecule has 2 N–H and O–H groups in total. The van der Waals surface area contributed by atoms with E-state index >= 15 is 0 Å². The lowest BCUT2D eigenvalue weighted by Crippen LogP contribution is -2.49. The molecule has 1 heterocycles. The van der Waals surface area contributed by atoms with E-state index < -0.39 is 20.5 Å². The summed E-state index contributed by atoms with van der Waals surface area (Å²) in [7, 11) is -3.75. The topological polar surface area (TPSA) is 105 Å². The zero-order chi connectivity index (χ0) is 15.6. The van der Waals surface area contributed by atoms with Gasteiger partial charge in [-0.05, 0) is 31.9 Å². The fourth-order valence-corrected chi connectivity index (χ4v) is 2.56. The summed E-state index contributed by atoms with van der Waals surface area (Å²) in [6, 6.07) is 3.13. The minimum Gasteiger partial charge on any atom is -0.315 e. The first-order valence-corrected chi connectivity index (χ1v) is 7.82. The smallest absolute Gasteiger partial charge is 0.264 e. The number of sulfone groups is 1. The van der Waals surface area contributed by atoms with E-state index in [2.05, 4.69) is 0 Å². The Morgan fingerprint density at radius 3 is 2.55 bits per heavy atom. The van der Waals surface area contributed by atoms with E-state index in [-0.39, 0.29) is 18.5 Å². The minimum absolute atomic E-state index is 0.0517. The van der Waals surface area contributed by atoms with Gasteiger partial charge >= 0.3 is 0 Å². The summed E-state index contributed by atoms with van der Waals surface area (Å²) in [5, 5.41) is 8.69. The van der Waals surface area contributed by atoms with E-state index in [0.717, 1.165) is 11.8 Å². The molecule has 0 spiro atoms. The molecule has 20 heavy (non-hydrogen) atoms. The van der Waals surface area contributed by atoms with E-state index in [1.165, 1.54) is 29.2 Å². The van der Waals surface area contributed by atoms with Crippen LogP contribution < -0.4 is 11.0 Å². The van der Waals surface area contributed by atoms with Crippen LogP contribution in [0, 0.1) is 6.92 Å². The minimum atomic E-state index is -3.75. The zero-order valence-electron chi connectivity index (χ0n) is 11.6. The van der Waals surface area contributed by atoms with Crippen molar-refractivity contribution in [1.29, 1.82) is 0 Å². The number of nitrogens with one attached hydrogen (secondary N) is 1. The molecule has 0 radical (unpaired) electrons. The van der Waals surface area contributed by atoms with Gasteiger partial charge < -0.3 is 4.57 Å². The molecule has 0 aliphatic carbocycles. The molecule has 1 amide bonds. The van der Waals surface area contributed by atoms with Crippen molar-refractivity contribution >= 4 is 15.7 Å². The lowest BCUT2D eigenvalue weighted by molar-refractivity contribution is -0.131. The first-order chi connectivity index (χ1) is 9.11. The summed E-state index contributed by atoms with van der Waals surface area (Å²) in [5.74, 6) is -1.01. The normalized spacial score (nSPS) is 14.6. The van der Waals surface area contributed by atoms with Gasteiger partial charge in [-0.3, -0.25) is 14.8 Å². The van der Waals surface area contributed by atoms with Crippen molar-refractivity contribution in [2.24, 2.45) is 0 Å². The van der Waals surface area contributed by atoms with Gasteiger partial charge in [-0.2, -0.15) is 0 Å². The molecule has 0 aromatic carbocycles. The van der Waals surface area contributed by atoms with Crippen LogP contribution >= 0.6 is 0 Å². The first kappa shape index (κ1) is 16.4. The van der Waals surface area contributed by atoms with Crippen molar-refractivity contribution in [3.05, 3.63) is 34.2 Å². The fraction of sp³-hybridized carbons (Fsp3) is 0.500. The van der Waals surface area contributed by atoms with Gasteiger partial charge in [0.05, 0.1) is 0 Å². The second-order valence-electron chi connectivity index (χ2n) is 4.93. The predicted octanol–water partition coefficient (Wildman–Crippen LogP) is -0.144. The molecule has 1 aromatic heterocycles. The highest BCUT2D eigenvalue weighted by Gasteiger charge is 2.43. The van der Waals surface area contributed by atoms with E-state index in [4.69, 9.17) is 5.21 Å². The van der Waals surface area contributed by atoms with E-state index in [1.807, 2.05) is 0 Å². The van der Waals surface area contributed by atoms with Crippen molar-refractivity contribution < 1.29 is 18.4 Å². The van der Waals surface area contributed by atoms with Gasteiger partial charge in [-0.15, -0.1) is 0 Å². The fourth-order valence-electron chi connectivity index (χ4n) is 1.71. The number of carbonyl (C=O) groups is 1. The average Bonchev–Trinajstić information content (AvgIpc) is 2.35. The summed E-state index contributed by atoms with van der Waals surface area (Å²) < 4.78 is 23.0. The SMILES string of the molecule is Cc1ccn(CC[C@](C)(C(=O)NO)S(C)(=O)=O)c(=O)c1. The quantitative estimate of drug-likeness (QED) is 0.581. The van der Waals surface area contributed by atoms with Crippen LogP contribution in [0.15, 0.2) is 23.1 Å². The highest BCUT2D eigenvalue weighted by Crippen LogP contribution is 2.21. The van der Waals surface area contributed by atoms with Crippen molar-refractivity contribution in [2.45, 2.75) is 31.6 Å². The number of hydroxylamine groups is 1. The van der Waals surface area contributed by atoms with Crippen molar-refractivity contribution in [2.75, 3.05) is 6.26 Å². The summed E-state index contributed by atoms with van der Waals surface area (Å²) in [6.45, 7) is 3.04. The predicted molar refractivity (Wildman–Crippen MR) is 73.2 cm³/mol. The van der Waals surface area contributed by atoms with Gasteiger partial charge in [0.15, 0.2) is 14.6 Å². The van der Waals surface area contributed by atoms with Crippen LogP contribution in [0.5, 0.6) is 0 Å². The van der Waals surface area contributed by atoms with Gasteiger partial charge in [0, 0.05) is 25.1 Å². The highest BCUT2D eigenvalue weighted by molar-refractivity contribution is 7.92. The third-order valence-electron chi connectivity index (χ3n) is 3.38. The van der Waals surface area contributed by atoms with Gasteiger partial charge in [-0.1, -0.05) is 0 Å². The number of carbonyl (C=O) groups excluding carboxylic acids is 1. The van der Waals surface area contributed by atoms with Crippen molar-refractivity contribution in [3.63, 3.8) is 0 Å². The third-order valence-corrected chi connectivity index (χ3v) is 5.41. The Balaban J connectivity index is 3.05. The molecule has 0 aliphatic heterocycles. The lowest BCUT2D eigenvalue weighted by atomic mass is 10.1. The molecule has 112 valence electrons. The maximum Gasteiger partial charge on any atom is 0.264 e. The number of aryl methyl sites for hydroxylation is 2. The Morgan fingerprint density at radius 1 is 1.50 bits per heavy atom. The van der Waals surface area contributed by atoms with Gasteiger partial charge in [0.25, 0.3) is 11.5 Å². The standard InChI is InChI=1S/C12H18N2O5S/c1-9-4-6-14(10(15)8-9)7-5-12(2,11(16)13-17)20(3,18)19/h4,6,8,17H,5,7H2,1-3H3,(H,13,16)/t12-/m1/s1. The molecule has 1 aromatic rings. The number of hydrogen-bond acceptors (Lipinski definition) is 5. The molecule has 0 aliphatic rings. The molecular formula is C12H18N2O5S. The van der Waals surface area contributed by atoms with E-state index in [0.29, 0.717) is 0 Å². The zero-order valence-corrected chi connectivity index (χ0v) is 12.4. The van der Waals surface area contributed by atoms with Crippen LogP contribution in [0.3, 0.4) is 0 Å². The Morgan fingerprint density at radius 2 is 2.10 bits per heavy atom. The van der Waals surface area contributed by atoms with Gasteiger partial charge in [0.2, 0.25) is 0 Å². The van der Waals surface area contributed by atoms with Gasteiger partial charge in [-0.25, -0.2) is 13.9 Å². The van der Waals surface area contributed by atoms with E-state index in [9.17, 15) is 18.0 Å². The molecule has 0 saturated heterocycles. The Labute approximate surface area is 117 Å². The van der Waals surface area contributed by atoms with Crippen LogP contribution in [0.4, 0.5) is 0 Å². The van der Waals surface area contributed by atoms with Crippen LogP contribution in [0.25, 0.3) is 0 Å². The number of rotatable bonds is 5. The second-order valence-corrected chi connectivity index (χ2v) is 7.38. The first-order valence-electron chi connectivity index (χ1n) is 5.93. The highest BCUT2D eigenvalue weighted by atomic mass is 32.2. The number of pyridine rings is 1. The van der Waals surface area contributed by atoms with Gasteiger partial charge in [0.1, 0.15) is 0 Å². The maximum atomic E-state index is 11.8. The number of amides is 1. The molecule has 7 nitrogen and oxygen atoms in total. The van der Waals surface area contributed by atoms with Crippen LogP contribution in [0.2, 0.25) is 0 Å². The summed E-state index contributed by atoms with van der Waals surface area (Å²) >= 11 is 0. The van der Waals surface area contributed by atoms with Crippen LogP contribution in [0.1, 0.15) is 18.9 Å². The summed E-state index contributed by atoms with van der Waals surface area (Å²) in [6.07, 6.45) is 2.33. The van der Waals surface area contributed by atoms with E-state index in [1.54, 1.807) is 13.0 Å². The number of nitrogens with zero attached hydrogens (tertiary/aromatic N) is 1. The third kappa shape index (κ3) is 3.26. The molecule has 0 fully saturated rings. The molecule has 0 unspecified atom stereocenters. The lowest BCUT2D eigenvalue weighted by Gasteiger charge is -2.25. The monoisotopic (exact) mass is 302 g/mol. The maximum absolute atomic E-state index is 11.8. The number of aromatic nitrogens is 1. The molecule has 1 atom stereocenters. The molecule has 0 saturated carbocycles. The number of hydrogen-bond donors (Lipinski definition) is 2.